The molecular formula is C16H21N3O3. The summed E-state index contributed by atoms with van der Waals surface area (Å²) in [5, 5.41) is 9.12. The van der Waals surface area contributed by atoms with E-state index in [1.807, 2.05) is 37.3 Å². The third-order valence-corrected chi connectivity index (χ3v) is 3.17. The van der Waals surface area contributed by atoms with E-state index < -0.39 is 0 Å². The molecule has 0 bridgehead atoms. The number of ether oxygens (including phenoxy) is 1. The van der Waals surface area contributed by atoms with E-state index in [4.69, 9.17) is 9.84 Å². The van der Waals surface area contributed by atoms with Crippen molar-refractivity contribution in [2.75, 3.05) is 19.8 Å². The maximum absolute atomic E-state index is 12.2. The first kappa shape index (κ1) is 16.0. The summed E-state index contributed by atoms with van der Waals surface area (Å²) in [4.78, 5) is 21.0. The molecule has 0 saturated carbocycles. The molecule has 0 spiro atoms. The fourth-order valence-corrected chi connectivity index (χ4v) is 2.10. The summed E-state index contributed by atoms with van der Waals surface area (Å²) >= 11 is 0. The number of amides is 1. The van der Waals surface area contributed by atoms with Crippen LogP contribution in [-0.4, -0.2) is 45.6 Å². The largest absolute Gasteiger partial charge is 0.493 e. The van der Waals surface area contributed by atoms with E-state index in [0.29, 0.717) is 19.7 Å². The number of hydrogen-bond acceptors (Lipinski definition) is 4. The molecule has 0 unspecified atom stereocenters. The number of carbonyl (C=O) groups excluding carboxylic acids is 1. The molecule has 0 atom stereocenters. The summed E-state index contributed by atoms with van der Waals surface area (Å²) < 4.78 is 5.53. The Kier molecular flexibility index (Phi) is 5.97. The number of imidazole rings is 1. The highest BCUT2D eigenvalue weighted by molar-refractivity contribution is 5.76. The lowest BCUT2D eigenvalue weighted by Gasteiger charge is -2.21. The van der Waals surface area contributed by atoms with E-state index in [1.54, 1.807) is 11.1 Å². The molecule has 0 aliphatic carbocycles. The Balaban J connectivity index is 1.83. The lowest BCUT2D eigenvalue weighted by molar-refractivity contribution is -0.132. The molecule has 1 heterocycles. The van der Waals surface area contributed by atoms with Crippen molar-refractivity contribution in [1.82, 2.24) is 14.9 Å². The van der Waals surface area contributed by atoms with Crippen LogP contribution >= 0.6 is 0 Å². The second-order valence-electron chi connectivity index (χ2n) is 4.94. The van der Waals surface area contributed by atoms with Crippen LogP contribution < -0.4 is 4.74 Å². The smallest absolute Gasteiger partial charge is 0.226 e. The molecule has 1 aromatic carbocycles. The van der Waals surface area contributed by atoms with Gasteiger partial charge in [0.1, 0.15) is 11.6 Å². The molecule has 1 amide bonds. The Morgan fingerprint density at radius 1 is 1.36 bits per heavy atom. The van der Waals surface area contributed by atoms with Crippen molar-refractivity contribution in [1.29, 1.82) is 0 Å². The number of nitrogens with one attached hydrogen (secondary N) is 1. The van der Waals surface area contributed by atoms with Gasteiger partial charge in [-0.1, -0.05) is 18.2 Å². The van der Waals surface area contributed by atoms with Crippen LogP contribution in [0.3, 0.4) is 0 Å². The number of nitrogens with zero attached hydrogens (tertiary/aromatic N) is 2. The number of aryl methyl sites for hydroxylation is 1. The minimum atomic E-state index is -0.0710. The van der Waals surface area contributed by atoms with Gasteiger partial charge in [-0.05, 0) is 19.1 Å². The summed E-state index contributed by atoms with van der Waals surface area (Å²) in [5.74, 6) is 1.49. The van der Waals surface area contributed by atoms with Crippen molar-refractivity contribution >= 4 is 5.91 Å². The van der Waals surface area contributed by atoms with Crippen molar-refractivity contribution in [2.24, 2.45) is 0 Å². The Morgan fingerprint density at radius 2 is 2.14 bits per heavy atom. The van der Waals surface area contributed by atoms with Crippen LogP contribution in [0.25, 0.3) is 0 Å². The number of hydrogen-bond donors (Lipinski definition) is 2. The zero-order valence-electron chi connectivity index (χ0n) is 12.7. The number of aliphatic hydroxyl groups is 1. The van der Waals surface area contributed by atoms with Gasteiger partial charge in [-0.2, -0.15) is 0 Å². The summed E-state index contributed by atoms with van der Waals surface area (Å²) in [6, 6.07) is 9.38. The highest BCUT2D eigenvalue weighted by Gasteiger charge is 2.14. The summed E-state index contributed by atoms with van der Waals surface area (Å²) in [7, 11) is 0. The van der Waals surface area contributed by atoms with Crippen LogP contribution in [0.5, 0.6) is 5.75 Å². The first-order valence-corrected chi connectivity index (χ1v) is 7.26. The van der Waals surface area contributed by atoms with E-state index in [-0.39, 0.29) is 18.9 Å². The normalized spacial score (nSPS) is 10.5. The number of carbonyl (C=O) groups is 1. The van der Waals surface area contributed by atoms with E-state index in [0.717, 1.165) is 17.3 Å². The van der Waals surface area contributed by atoms with Gasteiger partial charge in [-0.15, -0.1) is 0 Å². The average Bonchev–Trinajstić information content (AvgIpc) is 2.93. The monoisotopic (exact) mass is 303 g/mol. The third kappa shape index (κ3) is 4.89. The van der Waals surface area contributed by atoms with Crippen molar-refractivity contribution in [3.63, 3.8) is 0 Å². The van der Waals surface area contributed by atoms with Crippen molar-refractivity contribution in [3.8, 4) is 5.75 Å². The molecular weight excluding hydrogens is 282 g/mol. The second kappa shape index (κ2) is 8.19. The Labute approximate surface area is 129 Å². The molecule has 22 heavy (non-hydrogen) atoms. The number of H-pyrrole nitrogens is 1. The molecule has 6 heteroatoms. The van der Waals surface area contributed by atoms with Gasteiger partial charge >= 0.3 is 0 Å². The summed E-state index contributed by atoms with van der Waals surface area (Å²) in [6.45, 7) is 2.80. The number of para-hydroxylation sites is 1. The standard InChI is InChI=1S/C16H21N3O3/c1-13-17-11-14(18-13)12-19(8-9-20)16(21)7-10-22-15-5-3-2-4-6-15/h2-6,11,20H,7-10,12H2,1H3,(H,17,18). The quantitative estimate of drug-likeness (QED) is 0.775. The van der Waals surface area contributed by atoms with E-state index >= 15 is 0 Å². The zero-order valence-corrected chi connectivity index (χ0v) is 12.7. The molecule has 0 radical (unpaired) electrons. The molecule has 2 aromatic rings. The molecule has 0 fully saturated rings. The van der Waals surface area contributed by atoms with Crippen molar-refractivity contribution < 1.29 is 14.6 Å². The molecule has 0 aliphatic rings. The first-order valence-electron chi connectivity index (χ1n) is 7.26. The Hall–Kier alpha value is -2.34. The van der Waals surface area contributed by atoms with Crippen LogP contribution in [0, 0.1) is 6.92 Å². The van der Waals surface area contributed by atoms with E-state index in [2.05, 4.69) is 9.97 Å². The lowest BCUT2D eigenvalue weighted by atomic mass is 10.3. The van der Waals surface area contributed by atoms with Crippen molar-refractivity contribution in [3.05, 3.63) is 48.0 Å². The molecule has 6 nitrogen and oxygen atoms in total. The highest BCUT2D eigenvalue weighted by Crippen LogP contribution is 2.09. The molecule has 0 aliphatic heterocycles. The van der Waals surface area contributed by atoms with Gasteiger partial charge in [0.05, 0.1) is 38.1 Å². The molecule has 2 rings (SSSR count). The van der Waals surface area contributed by atoms with Crippen LogP contribution in [0.1, 0.15) is 17.9 Å². The maximum atomic E-state index is 12.2. The van der Waals surface area contributed by atoms with Crippen LogP contribution in [0.15, 0.2) is 36.5 Å². The summed E-state index contributed by atoms with van der Waals surface area (Å²) in [5.41, 5.74) is 0.850. The minimum Gasteiger partial charge on any atom is -0.493 e. The average molecular weight is 303 g/mol. The van der Waals surface area contributed by atoms with Crippen molar-refractivity contribution in [2.45, 2.75) is 19.9 Å². The first-order chi connectivity index (χ1) is 10.7. The van der Waals surface area contributed by atoms with E-state index in [1.165, 1.54) is 0 Å². The predicted molar refractivity (Wildman–Crippen MR) is 82.4 cm³/mol. The van der Waals surface area contributed by atoms with Gasteiger partial charge in [0.2, 0.25) is 5.91 Å². The number of aromatic amines is 1. The van der Waals surface area contributed by atoms with Crippen LogP contribution in [0.4, 0.5) is 0 Å². The minimum absolute atomic E-state index is 0.0581. The predicted octanol–water partition coefficient (Wildman–Crippen LogP) is 1.51. The molecule has 1 aromatic heterocycles. The molecule has 118 valence electrons. The fourth-order valence-electron chi connectivity index (χ4n) is 2.10. The topological polar surface area (TPSA) is 78.4 Å². The Bertz CT molecular complexity index is 583. The summed E-state index contributed by atoms with van der Waals surface area (Å²) in [6.07, 6.45) is 1.97. The molecule has 0 saturated heterocycles. The maximum Gasteiger partial charge on any atom is 0.226 e. The highest BCUT2D eigenvalue weighted by atomic mass is 16.5. The number of benzene rings is 1. The van der Waals surface area contributed by atoms with E-state index in [9.17, 15) is 4.79 Å². The third-order valence-electron chi connectivity index (χ3n) is 3.17. The number of rotatable bonds is 8. The van der Waals surface area contributed by atoms with Gasteiger partial charge < -0.3 is 19.7 Å². The fraction of sp³-hybridized carbons (Fsp3) is 0.375. The van der Waals surface area contributed by atoms with Crippen LogP contribution in [0.2, 0.25) is 0 Å². The number of aliphatic hydroxyl groups excluding tert-OH is 1. The van der Waals surface area contributed by atoms with Gasteiger partial charge in [-0.25, -0.2) is 4.98 Å². The number of aromatic nitrogens is 2. The van der Waals surface area contributed by atoms with Crippen LogP contribution in [-0.2, 0) is 11.3 Å². The lowest BCUT2D eigenvalue weighted by Crippen LogP contribution is -2.34. The van der Waals surface area contributed by atoms with Gasteiger partial charge in [0.15, 0.2) is 0 Å². The zero-order chi connectivity index (χ0) is 15.8. The van der Waals surface area contributed by atoms with Gasteiger partial charge in [0.25, 0.3) is 0 Å². The SMILES string of the molecule is Cc1ncc(CN(CCO)C(=O)CCOc2ccccc2)[nH]1. The van der Waals surface area contributed by atoms with Gasteiger partial charge in [0, 0.05) is 6.54 Å². The second-order valence-corrected chi connectivity index (χ2v) is 4.94. The molecule has 2 N–H and O–H groups in total. The Morgan fingerprint density at radius 3 is 2.77 bits per heavy atom. The van der Waals surface area contributed by atoms with Gasteiger partial charge in [-0.3, -0.25) is 4.79 Å².